The van der Waals surface area contributed by atoms with Crippen molar-refractivity contribution < 1.29 is 31.5 Å². The minimum atomic E-state index is -3.94. The van der Waals surface area contributed by atoms with Crippen molar-refractivity contribution in [3.8, 4) is 5.75 Å². The molecule has 1 spiro atoms. The maximum atomic E-state index is 15.4. The standard InChI is InChI=1S/C26H29FN4O7S/c1-28-39(34,35)29-21-6-4-5-16(23(21)27)9-19-20(11-31-12-26(13-31)14-36-15-26)18-8-7-17(37-25(33)30(2)3)10-22(18)38-24(19)32/h4-8,10,28-29H,9,11-15H2,1-3H3. The van der Waals surface area contributed by atoms with E-state index >= 15 is 4.39 Å². The molecule has 0 unspecified atom stereocenters. The lowest BCUT2D eigenvalue weighted by Gasteiger charge is -2.55. The van der Waals surface area contributed by atoms with E-state index < -0.39 is 27.7 Å². The number of amides is 1. The van der Waals surface area contributed by atoms with Gasteiger partial charge in [-0.1, -0.05) is 12.1 Å². The minimum Gasteiger partial charge on any atom is -0.422 e. The average Bonchev–Trinajstić information content (AvgIpc) is 2.83. The lowest BCUT2D eigenvalue weighted by molar-refractivity contribution is -0.191. The van der Waals surface area contributed by atoms with E-state index in [9.17, 15) is 18.0 Å². The minimum absolute atomic E-state index is 0.117. The van der Waals surface area contributed by atoms with Gasteiger partial charge in [0.25, 0.3) is 10.2 Å². The first kappa shape index (κ1) is 27.1. The Kier molecular flexibility index (Phi) is 7.10. The molecule has 0 aliphatic carbocycles. The highest BCUT2D eigenvalue weighted by Gasteiger charge is 2.48. The Labute approximate surface area is 224 Å². The molecule has 11 nitrogen and oxygen atoms in total. The summed E-state index contributed by atoms with van der Waals surface area (Å²) in [6.45, 7) is 3.44. The van der Waals surface area contributed by atoms with E-state index in [1.54, 1.807) is 26.2 Å². The topological polar surface area (TPSA) is 130 Å². The number of nitrogens with zero attached hydrogens (tertiary/aromatic N) is 2. The molecule has 0 radical (unpaired) electrons. The van der Waals surface area contributed by atoms with Crippen molar-refractivity contribution in [2.75, 3.05) is 52.2 Å². The molecular weight excluding hydrogens is 531 g/mol. The van der Waals surface area contributed by atoms with Crippen molar-refractivity contribution in [3.63, 3.8) is 0 Å². The molecule has 0 bridgehead atoms. The third-order valence-corrected chi connectivity index (χ3v) is 7.96. The van der Waals surface area contributed by atoms with Crippen LogP contribution in [-0.4, -0.2) is 71.8 Å². The number of carbonyl (C=O) groups is 1. The molecule has 2 aliphatic rings. The molecular formula is C26H29FN4O7S. The zero-order chi connectivity index (χ0) is 27.9. The second kappa shape index (κ2) is 10.2. The summed E-state index contributed by atoms with van der Waals surface area (Å²) in [5, 5.41) is 0.632. The maximum absolute atomic E-state index is 15.4. The number of rotatable bonds is 8. The number of halogens is 1. The van der Waals surface area contributed by atoms with Crippen LogP contribution in [0.4, 0.5) is 14.9 Å². The van der Waals surface area contributed by atoms with Crippen LogP contribution < -0.4 is 19.8 Å². The molecule has 1 aromatic heterocycles. The van der Waals surface area contributed by atoms with E-state index in [1.165, 1.54) is 36.2 Å². The van der Waals surface area contributed by atoms with Gasteiger partial charge in [-0.05, 0) is 29.3 Å². The Balaban J connectivity index is 1.53. The lowest BCUT2D eigenvalue weighted by atomic mass is 9.77. The summed E-state index contributed by atoms with van der Waals surface area (Å²) in [6.07, 6.45) is -0.694. The summed E-state index contributed by atoms with van der Waals surface area (Å²) in [5.74, 6) is -0.574. The average molecular weight is 561 g/mol. The molecule has 2 aromatic carbocycles. The molecule has 2 N–H and O–H groups in total. The number of fused-ring (bicyclic) bond motifs is 1. The van der Waals surface area contributed by atoms with Crippen LogP contribution in [0, 0.1) is 11.2 Å². The van der Waals surface area contributed by atoms with Gasteiger partial charge in [0, 0.05) is 69.6 Å². The highest BCUT2D eigenvalue weighted by Crippen LogP contribution is 2.39. The van der Waals surface area contributed by atoms with Crippen molar-refractivity contribution in [2.24, 2.45) is 5.41 Å². The van der Waals surface area contributed by atoms with E-state index in [4.69, 9.17) is 13.9 Å². The molecule has 2 aliphatic heterocycles. The Morgan fingerprint density at radius 2 is 1.92 bits per heavy atom. The van der Waals surface area contributed by atoms with Crippen LogP contribution in [0.1, 0.15) is 16.7 Å². The van der Waals surface area contributed by atoms with Gasteiger partial charge >= 0.3 is 11.7 Å². The molecule has 1 amide bonds. The maximum Gasteiger partial charge on any atom is 0.414 e. The first-order valence-electron chi connectivity index (χ1n) is 12.3. The van der Waals surface area contributed by atoms with Crippen LogP contribution in [-0.2, 0) is 27.9 Å². The lowest BCUT2D eigenvalue weighted by Crippen LogP contribution is -2.65. The van der Waals surface area contributed by atoms with E-state index in [0.717, 1.165) is 13.1 Å². The molecule has 208 valence electrons. The van der Waals surface area contributed by atoms with Crippen LogP contribution in [0.15, 0.2) is 45.6 Å². The first-order chi connectivity index (χ1) is 18.5. The smallest absolute Gasteiger partial charge is 0.414 e. The van der Waals surface area contributed by atoms with E-state index in [0.29, 0.717) is 30.7 Å². The predicted molar refractivity (Wildman–Crippen MR) is 142 cm³/mol. The van der Waals surface area contributed by atoms with Crippen LogP contribution in [0.2, 0.25) is 0 Å². The highest BCUT2D eigenvalue weighted by atomic mass is 32.2. The number of hydrogen-bond donors (Lipinski definition) is 2. The molecule has 3 heterocycles. The van der Waals surface area contributed by atoms with Crippen molar-refractivity contribution in [3.05, 3.63) is 69.3 Å². The van der Waals surface area contributed by atoms with E-state index in [2.05, 4.69) is 14.3 Å². The molecule has 2 fully saturated rings. The largest absolute Gasteiger partial charge is 0.422 e. The zero-order valence-corrected chi connectivity index (χ0v) is 22.6. The number of carbonyl (C=O) groups excluding carboxylic acids is 1. The Hall–Kier alpha value is -3.52. The molecule has 0 saturated carbocycles. The van der Waals surface area contributed by atoms with Crippen molar-refractivity contribution >= 4 is 33.0 Å². The number of anilines is 1. The SMILES string of the molecule is CNS(=O)(=O)Nc1cccc(Cc2c(CN3CC4(COC4)C3)c3ccc(OC(=O)N(C)C)cc3oc2=O)c1F. The van der Waals surface area contributed by atoms with Gasteiger partial charge in [0.2, 0.25) is 0 Å². The zero-order valence-electron chi connectivity index (χ0n) is 21.7. The number of hydrogen-bond acceptors (Lipinski definition) is 8. The fraction of sp³-hybridized carbons (Fsp3) is 0.385. The summed E-state index contributed by atoms with van der Waals surface area (Å²) >= 11 is 0. The summed E-state index contributed by atoms with van der Waals surface area (Å²) in [7, 11) is 0.372. The molecule has 3 aromatic rings. The van der Waals surface area contributed by atoms with Gasteiger partial charge in [-0.25, -0.2) is 18.7 Å². The third-order valence-electron chi connectivity index (χ3n) is 6.94. The molecule has 0 atom stereocenters. The number of nitrogens with one attached hydrogen (secondary N) is 2. The summed E-state index contributed by atoms with van der Waals surface area (Å²) in [6, 6.07) is 9.11. The predicted octanol–water partition coefficient (Wildman–Crippen LogP) is 2.29. The van der Waals surface area contributed by atoms with E-state index in [1.807, 2.05) is 0 Å². The second-order valence-corrected chi connectivity index (χ2v) is 11.8. The van der Waals surface area contributed by atoms with Gasteiger partial charge in [0.15, 0.2) is 5.82 Å². The van der Waals surface area contributed by atoms with Crippen molar-refractivity contribution in [1.29, 1.82) is 0 Å². The molecule has 39 heavy (non-hydrogen) atoms. The fourth-order valence-corrected chi connectivity index (χ4v) is 5.44. The van der Waals surface area contributed by atoms with Crippen molar-refractivity contribution in [1.82, 2.24) is 14.5 Å². The highest BCUT2D eigenvalue weighted by molar-refractivity contribution is 7.90. The van der Waals surface area contributed by atoms with Gasteiger partial charge in [0.05, 0.1) is 18.9 Å². The summed E-state index contributed by atoms with van der Waals surface area (Å²) in [4.78, 5) is 28.8. The Morgan fingerprint density at radius 1 is 1.18 bits per heavy atom. The van der Waals surface area contributed by atoms with Crippen molar-refractivity contribution in [2.45, 2.75) is 13.0 Å². The molecule has 13 heteroatoms. The molecule has 2 saturated heterocycles. The van der Waals surface area contributed by atoms with Gasteiger partial charge in [-0.15, -0.1) is 0 Å². The fourth-order valence-electron chi connectivity index (χ4n) is 4.89. The Morgan fingerprint density at radius 3 is 2.56 bits per heavy atom. The van der Waals surface area contributed by atoms with Gasteiger partial charge in [-0.2, -0.15) is 8.42 Å². The third kappa shape index (κ3) is 5.48. The monoisotopic (exact) mass is 560 g/mol. The summed E-state index contributed by atoms with van der Waals surface area (Å²) < 4.78 is 59.7. The van der Waals surface area contributed by atoms with Gasteiger partial charge < -0.3 is 18.8 Å². The van der Waals surface area contributed by atoms with Gasteiger partial charge in [-0.3, -0.25) is 9.62 Å². The quantitative estimate of drug-likeness (QED) is 0.402. The normalized spacial score (nSPS) is 16.5. The van der Waals surface area contributed by atoms with Crippen LogP contribution in [0.5, 0.6) is 5.75 Å². The van der Waals surface area contributed by atoms with Crippen LogP contribution >= 0.6 is 0 Å². The second-order valence-electron chi connectivity index (χ2n) is 10.2. The van der Waals surface area contributed by atoms with Gasteiger partial charge in [0.1, 0.15) is 11.3 Å². The number of likely N-dealkylation sites (tertiary alicyclic amines) is 1. The number of benzene rings is 2. The summed E-state index contributed by atoms with van der Waals surface area (Å²) in [5.41, 5.74) is 0.547. The molecule has 5 rings (SSSR count). The first-order valence-corrected chi connectivity index (χ1v) is 13.7. The van der Waals surface area contributed by atoms with Crippen LogP contribution in [0.3, 0.4) is 0 Å². The number of ether oxygens (including phenoxy) is 2. The van der Waals surface area contributed by atoms with E-state index in [-0.39, 0.29) is 40.0 Å². The van der Waals surface area contributed by atoms with Crippen LogP contribution in [0.25, 0.3) is 11.0 Å². The Bertz CT molecular complexity index is 1590.